The molecule has 0 bridgehead atoms. The van der Waals surface area contributed by atoms with Gasteiger partial charge in [0.15, 0.2) is 0 Å². The Morgan fingerprint density at radius 2 is 0.968 bits per heavy atom. The molecule has 12 aromatic rings. The number of aromatic amines is 1. The zero-order valence-electron chi connectivity index (χ0n) is 33.7. The van der Waals surface area contributed by atoms with Crippen molar-refractivity contribution in [2.75, 3.05) is 4.90 Å². The summed E-state index contributed by atoms with van der Waals surface area (Å²) >= 11 is 1.92. The first-order valence-electron chi connectivity index (χ1n) is 21.3. The molecule has 0 atom stereocenters. The second-order valence-corrected chi connectivity index (χ2v) is 17.5. The number of aromatic nitrogens is 1. The topological polar surface area (TPSA) is 19.0 Å². The van der Waals surface area contributed by atoms with E-state index in [0.29, 0.717) is 0 Å². The summed E-state index contributed by atoms with van der Waals surface area (Å²) in [5, 5.41) is 7.66. The maximum Gasteiger partial charge on any atom is 0.0714 e. The number of hydrogen-bond acceptors (Lipinski definition) is 2. The van der Waals surface area contributed by atoms with Crippen LogP contribution in [0.5, 0.6) is 0 Å². The first kappa shape index (κ1) is 35.1. The van der Waals surface area contributed by atoms with Crippen LogP contribution < -0.4 is 4.90 Å². The van der Waals surface area contributed by atoms with E-state index >= 15 is 0 Å². The number of rotatable bonds is 6. The number of nitrogens with zero attached hydrogens (tertiary/aromatic N) is 1. The highest BCUT2D eigenvalue weighted by Crippen LogP contribution is 2.58. The highest BCUT2D eigenvalue weighted by Gasteiger charge is 2.46. The fraction of sp³-hybridized carbons (Fsp3) is 0.0169. The largest absolute Gasteiger partial charge is 0.354 e. The van der Waals surface area contributed by atoms with Crippen LogP contribution in [0.3, 0.4) is 0 Å². The fourth-order valence-electron chi connectivity index (χ4n) is 10.7. The van der Waals surface area contributed by atoms with Gasteiger partial charge in [0, 0.05) is 53.9 Å². The van der Waals surface area contributed by atoms with E-state index in [1.54, 1.807) is 0 Å². The molecule has 3 heteroatoms. The molecule has 13 rings (SSSR count). The van der Waals surface area contributed by atoms with Crippen molar-refractivity contribution in [1.29, 1.82) is 0 Å². The maximum atomic E-state index is 3.84. The standard InChI is InChI=1S/C59H38N2S/c1-4-17-38(18-5-1)39-31-33-42(34-32-39)61(43-35-36-45-44-23-12-14-28-50(44)59(51(45)37-43,40-19-6-2-7-20-40)41-21-8-3-9-22-41)53-30-16-27-49-55-54-48-26-13-15-29-52(48)60-56(54)46-24-10-11-25-47(46)58(55)62-57(49)53/h1-37,60H. The number of anilines is 3. The van der Waals surface area contributed by atoms with Crippen LogP contribution in [-0.4, -0.2) is 4.98 Å². The van der Waals surface area contributed by atoms with Crippen molar-refractivity contribution in [2.24, 2.45) is 0 Å². The minimum Gasteiger partial charge on any atom is -0.354 e. The molecule has 62 heavy (non-hydrogen) atoms. The third-order valence-electron chi connectivity index (χ3n) is 13.3. The van der Waals surface area contributed by atoms with Gasteiger partial charge in [0.05, 0.1) is 21.3 Å². The third-order valence-corrected chi connectivity index (χ3v) is 14.5. The predicted molar refractivity (Wildman–Crippen MR) is 264 cm³/mol. The highest BCUT2D eigenvalue weighted by atomic mass is 32.1. The van der Waals surface area contributed by atoms with Gasteiger partial charge in [-0.2, -0.15) is 0 Å². The molecule has 0 saturated heterocycles. The van der Waals surface area contributed by atoms with Gasteiger partial charge in [-0.25, -0.2) is 0 Å². The van der Waals surface area contributed by atoms with Gasteiger partial charge in [0.2, 0.25) is 0 Å². The molecule has 0 aliphatic heterocycles. The van der Waals surface area contributed by atoms with Crippen LogP contribution in [0.4, 0.5) is 17.1 Å². The second-order valence-electron chi connectivity index (χ2n) is 16.4. The lowest BCUT2D eigenvalue weighted by Crippen LogP contribution is -2.28. The van der Waals surface area contributed by atoms with Crippen LogP contribution in [-0.2, 0) is 5.41 Å². The van der Waals surface area contributed by atoms with E-state index in [9.17, 15) is 0 Å². The molecule has 1 N–H and O–H groups in total. The number of benzene rings is 10. The van der Waals surface area contributed by atoms with Crippen molar-refractivity contribution in [2.45, 2.75) is 5.41 Å². The average Bonchev–Trinajstić information content (AvgIpc) is 4.02. The molecular weight excluding hydrogens is 769 g/mol. The molecule has 10 aromatic carbocycles. The van der Waals surface area contributed by atoms with Crippen molar-refractivity contribution in [3.05, 3.63) is 247 Å². The third kappa shape index (κ3) is 4.97. The molecule has 1 aliphatic carbocycles. The summed E-state index contributed by atoms with van der Waals surface area (Å²) in [5.74, 6) is 0. The van der Waals surface area contributed by atoms with Crippen molar-refractivity contribution in [3.8, 4) is 22.3 Å². The van der Waals surface area contributed by atoms with E-state index in [2.05, 4.69) is 234 Å². The Bertz CT molecular complexity index is 3640. The number of para-hydroxylation sites is 1. The number of fused-ring (bicyclic) bond motifs is 13. The van der Waals surface area contributed by atoms with Crippen LogP contribution in [0, 0.1) is 0 Å². The summed E-state index contributed by atoms with van der Waals surface area (Å²) < 4.78 is 2.58. The Morgan fingerprint density at radius 3 is 1.73 bits per heavy atom. The number of H-pyrrole nitrogens is 1. The van der Waals surface area contributed by atoms with Crippen LogP contribution in [0.15, 0.2) is 224 Å². The Morgan fingerprint density at radius 1 is 0.387 bits per heavy atom. The lowest BCUT2D eigenvalue weighted by molar-refractivity contribution is 0.768. The van der Waals surface area contributed by atoms with Gasteiger partial charge < -0.3 is 9.88 Å². The molecule has 0 saturated carbocycles. The van der Waals surface area contributed by atoms with E-state index in [0.717, 1.165) is 22.6 Å². The highest BCUT2D eigenvalue weighted by molar-refractivity contribution is 7.27. The molecule has 0 amide bonds. The Balaban J connectivity index is 1.12. The molecular formula is C59H38N2S. The van der Waals surface area contributed by atoms with Gasteiger partial charge in [-0.05, 0) is 80.9 Å². The first-order valence-corrected chi connectivity index (χ1v) is 22.2. The van der Waals surface area contributed by atoms with E-state index in [1.807, 2.05) is 11.3 Å². The minimum absolute atomic E-state index is 0.517. The van der Waals surface area contributed by atoms with Gasteiger partial charge in [0.1, 0.15) is 0 Å². The Labute approximate surface area is 363 Å². The second kappa shape index (κ2) is 13.7. The Kier molecular flexibility index (Phi) is 7.72. The average molecular weight is 807 g/mol. The molecule has 1 aliphatic rings. The van der Waals surface area contributed by atoms with Gasteiger partial charge in [-0.1, -0.05) is 188 Å². The normalized spacial score (nSPS) is 13.0. The molecule has 2 heterocycles. The predicted octanol–water partition coefficient (Wildman–Crippen LogP) is 16.3. The summed E-state index contributed by atoms with van der Waals surface area (Å²) in [6.07, 6.45) is 0. The van der Waals surface area contributed by atoms with Gasteiger partial charge in [0.25, 0.3) is 0 Å². The van der Waals surface area contributed by atoms with Gasteiger partial charge >= 0.3 is 0 Å². The lowest BCUT2D eigenvalue weighted by atomic mass is 9.67. The van der Waals surface area contributed by atoms with Gasteiger partial charge in [-0.15, -0.1) is 11.3 Å². The van der Waals surface area contributed by atoms with Crippen molar-refractivity contribution in [3.63, 3.8) is 0 Å². The van der Waals surface area contributed by atoms with Crippen LogP contribution >= 0.6 is 11.3 Å². The number of hydrogen-bond donors (Lipinski definition) is 1. The molecule has 0 spiro atoms. The summed E-state index contributed by atoms with van der Waals surface area (Å²) in [6.45, 7) is 0. The molecule has 290 valence electrons. The van der Waals surface area contributed by atoms with Crippen LogP contribution in [0.25, 0.3) is 75.0 Å². The quantitative estimate of drug-likeness (QED) is 0.177. The van der Waals surface area contributed by atoms with Crippen molar-refractivity contribution < 1.29 is 0 Å². The summed E-state index contributed by atoms with van der Waals surface area (Å²) in [4.78, 5) is 6.34. The van der Waals surface area contributed by atoms with Crippen LogP contribution in [0.1, 0.15) is 22.3 Å². The molecule has 2 aromatic heterocycles. The smallest absolute Gasteiger partial charge is 0.0714 e. The zero-order valence-corrected chi connectivity index (χ0v) is 34.5. The van der Waals surface area contributed by atoms with E-state index in [1.165, 1.54) is 91.7 Å². The summed E-state index contributed by atoms with van der Waals surface area (Å²) in [5.41, 5.74) is 15.3. The summed E-state index contributed by atoms with van der Waals surface area (Å²) in [6, 6.07) is 82.8. The minimum atomic E-state index is -0.517. The monoisotopic (exact) mass is 806 g/mol. The molecule has 0 unspecified atom stereocenters. The van der Waals surface area contributed by atoms with E-state index < -0.39 is 5.41 Å². The number of thiophene rings is 1. The first-order chi connectivity index (χ1) is 30.8. The van der Waals surface area contributed by atoms with Crippen molar-refractivity contribution >= 4 is 81.1 Å². The molecule has 2 nitrogen and oxygen atoms in total. The fourth-order valence-corrected chi connectivity index (χ4v) is 12.0. The summed E-state index contributed by atoms with van der Waals surface area (Å²) in [7, 11) is 0. The maximum absolute atomic E-state index is 3.84. The number of nitrogens with one attached hydrogen (secondary N) is 1. The zero-order chi connectivity index (χ0) is 40.8. The van der Waals surface area contributed by atoms with Crippen LogP contribution in [0.2, 0.25) is 0 Å². The van der Waals surface area contributed by atoms with E-state index in [4.69, 9.17) is 0 Å². The Hall–Kier alpha value is -7.72. The van der Waals surface area contributed by atoms with Gasteiger partial charge in [-0.3, -0.25) is 0 Å². The SMILES string of the molecule is c1ccc(-c2ccc(N(c3ccc4c(c3)C(c3ccccc3)(c3ccccc3)c3ccccc3-4)c3cccc4c3sc3c5ccccc5c5[nH]c6ccccc6c5c43)cc2)cc1. The van der Waals surface area contributed by atoms with E-state index in [-0.39, 0.29) is 0 Å². The lowest BCUT2D eigenvalue weighted by Gasteiger charge is -2.35. The molecule has 0 fully saturated rings. The van der Waals surface area contributed by atoms with Crippen molar-refractivity contribution in [1.82, 2.24) is 4.98 Å². The molecule has 0 radical (unpaired) electrons.